The Bertz CT molecular complexity index is 477. The zero-order valence-corrected chi connectivity index (χ0v) is 8.13. The standard InChI is InChI=1S/C8H6BrN3O/c9-7-4(8(10)13)1-2-6-5(7)3-11-12-6/h1-3H,(H2,10,13)(H,11,12). The third kappa shape index (κ3) is 1.21. The van der Waals surface area contributed by atoms with Gasteiger partial charge in [-0.2, -0.15) is 5.10 Å². The highest BCUT2D eigenvalue weighted by Gasteiger charge is 2.09. The van der Waals surface area contributed by atoms with E-state index in [9.17, 15) is 4.79 Å². The summed E-state index contributed by atoms with van der Waals surface area (Å²) in [5, 5.41) is 7.51. The Morgan fingerprint density at radius 1 is 1.54 bits per heavy atom. The van der Waals surface area contributed by atoms with E-state index in [0.717, 1.165) is 10.9 Å². The zero-order valence-electron chi connectivity index (χ0n) is 6.54. The Hall–Kier alpha value is -1.36. The topological polar surface area (TPSA) is 71.8 Å². The lowest BCUT2D eigenvalue weighted by Crippen LogP contribution is -2.11. The molecule has 0 bridgehead atoms. The average molecular weight is 240 g/mol. The molecular formula is C8H6BrN3O. The number of halogens is 1. The van der Waals surface area contributed by atoms with Gasteiger partial charge in [0.2, 0.25) is 5.91 Å². The number of fused-ring (bicyclic) bond motifs is 1. The summed E-state index contributed by atoms with van der Waals surface area (Å²) < 4.78 is 0.686. The largest absolute Gasteiger partial charge is 0.366 e. The van der Waals surface area contributed by atoms with Crippen molar-refractivity contribution < 1.29 is 4.79 Å². The SMILES string of the molecule is NC(=O)c1ccc2[nH]ncc2c1Br. The first-order chi connectivity index (χ1) is 6.20. The molecule has 0 atom stereocenters. The van der Waals surface area contributed by atoms with Crippen molar-refractivity contribution in [1.29, 1.82) is 0 Å². The maximum atomic E-state index is 10.9. The predicted molar refractivity (Wildman–Crippen MR) is 52.3 cm³/mol. The Labute approximate surface area is 82.2 Å². The first-order valence-electron chi connectivity index (χ1n) is 3.61. The minimum absolute atomic E-state index is 0.449. The molecule has 3 N–H and O–H groups in total. The van der Waals surface area contributed by atoms with Crippen molar-refractivity contribution in [3.05, 3.63) is 28.4 Å². The van der Waals surface area contributed by atoms with E-state index in [4.69, 9.17) is 5.73 Å². The van der Waals surface area contributed by atoms with Crippen LogP contribution in [0.2, 0.25) is 0 Å². The van der Waals surface area contributed by atoms with Crippen LogP contribution in [-0.2, 0) is 0 Å². The van der Waals surface area contributed by atoms with E-state index < -0.39 is 5.91 Å². The third-order valence-electron chi connectivity index (χ3n) is 1.82. The number of nitrogens with zero attached hydrogens (tertiary/aromatic N) is 1. The molecule has 0 aliphatic heterocycles. The van der Waals surface area contributed by atoms with Crippen molar-refractivity contribution in [3.8, 4) is 0 Å². The molecule has 13 heavy (non-hydrogen) atoms. The monoisotopic (exact) mass is 239 g/mol. The lowest BCUT2D eigenvalue weighted by atomic mass is 10.1. The van der Waals surface area contributed by atoms with Crippen LogP contribution in [0.3, 0.4) is 0 Å². The molecule has 1 aromatic carbocycles. The molecule has 1 heterocycles. The smallest absolute Gasteiger partial charge is 0.249 e. The van der Waals surface area contributed by atoms with Gasteiger partial charge in [-0.15, -0.1) is 0 Å². The van der Waals surface area contributed by atoms with Gasteiger partial charge in [-0.3, -0.25) is 9.89 Å². The van der Waals surface area contributed by atoms with Crippen molar-refractivity contribution in [2.75, 3.05) is 0 Å². The number of rotatable bonds is 1. The van der Waals surface area contributed by atoms with E-state index in [0.29, 0.717) is 10.0 Å². The third-order valence-corrected chi connectivity index (χ3v) is 2.68. The maximum absolute atomic E-state index is 10.9. The molecule has 4 nitrogen and oxygen atoms in total. The summed E-state index contributed by atoms with van der Waals surface area (Å²) in [6.45, 7) is 0. The van der Waals surface area contributed by atoms with E-state index in [1.54, 1.807) is 18.3 Å². The summed E-state index contributed by atoms with van der Waals surface area (Å²) in [4.78, 5) is 10.9. The number of benzene rings is 1. The number of aromatic nitrogens is 2. The molecule has 1 aromatic heterocycles. The summed E-state index contributed by atoms with van der Waals surface area (Å²) >= 11 is 3.30. The number of H-pyrrole nitrogens is 1. The van der Waals surface area contributed by atoms with Gasteiger partial charge in [0.05, 0.1) is 17.3 Å². The molecule has 0 spiro atoms. The second-order valence-corrected chi connectivity index (χ2v) is 3.42. The van der Waals surface area contributed by atoms with E-state index >= 15 is 0 Å². The predicted octanol–water partition coefficient (Wildman–Crippen LogP) is 1.42. The van der Waals surface area contributed by atoms with E-state index in [2.05, 4.69) is 26.1 Å². The fourth-order valence-corrected chi connectivity index (χ4v) is 1.82. The molecule has 66 valence electrons. The minimum atomic E-state index is -0.449. The number of nitrogens with two attached hydrogens (primary N) is 1. The van der Waals surface area contributed by atoms with Crippen LogP contribution < -0.4 is 5.73 Å². The summed E-state index contributed by atoms with van der Waals surface area (Å²) in [7, 11) is 0. The summed E-state index contributed by atoms with van der Waals surface area (Å²) in [6.07, 6.45) is 1.64. The van der Waals surface area contributed by atoms with Crippen molar-refractivity contribution in [3.63, 3.8) is 0 Å². The van der Waals surface area contributed by atoms with Gasteiger partial charge in [-0.05, 0) is 28.1 Å². The number of amides is 1. The number of primary amides is 1. The molecule has 0 saturated carbocycles. The molecule has 5 heteroatoms. The number of carbonyl (C=O) groups excluding carboxylic acids is 1. The fraction of sp³-hybridized carbons (Fsp3) is 0. The van der Waals surface area contributed by atoms with Gasteiger partial charge < -0.3 is 5.73 Å². The fourth-order valence-electron chi connectivity index (χ4n) is 1.17. The Morgan fingerprint density at radius 3 is 3.00 bits per heavy atom. The van der Waals surface area contributed by atoms with Gasteiger partial charge in [0.15, 0.2) is 0 Å². The van der Waals surface area contributed by atoms with Crippen molar-refractivity contribution in [2.45, 2.75) is 0 Å². The molecule has 0 saturated heterocycles. The van der Waals surface area contributed by atoms with Crippen LogP contribution in [0.5, 0.6) is 0 Å². The van der Waals surface area contributed by atoms with Gasteiger partial charge in [0.25, 0.3) is 0 Å². The average Bonchev–Trinajstić information content (AvgIpc) is 2.52. The van der Waals surface area contributed by atoms with Crippen molar-refractivity contribution in [2.24, 2.45) is 5.73 Å². The van der Waals surface area contributed by atoms with E-state index in [1.807, 2.05) is 0 Å². The highest BCUT2D eigenvalue weighted by atomic mass is 79.9. The van der Waals surface area contributed by atoms with Gasteiger partial charge in [-0.1, -0.05) is 0 Å². The van der Waals surface area contributed by atoms with Crippen LogP contribution in [0.1, 0.15) is 10.4 Å². The molecule has 0 fully saturated rings. The van der Waals surface area contributed by atoms with Crippen LogP contribution in [0.15, 0.2) is 22.8 Å². The molecule has 0 unspecified atom stereocenters. The van der Waals surface area contributed by atoms with Gasteiger partial charge in [-0.25, -0.2) is 0 Å². The first-order valence-corrected chi connectivity index (χ1v) is 4.41. The number of hydrogen-bond donors (Lipinski definition) is 2. The van der Waals surface area contributed by atoms with Crippen LogP contribution in [0.4, 0.5) is 0 Å². The normalized spacial score (nSPS) is 10.5. The zero-order chi connectivity index (χ0) is 9.42. The van der Waals surface area contributed by atoms with Gasteiger partial charge in [0, 0.05) is 9.86 Å². The van der Waals surface area contributed by atoms with E-state index in [1.165, 1.54) is 0 Å². The number of nitrogens with one attached hydrogen (secondary N) is 1. The van der Waals surface area contributed by atoms with Crippen LogP contribution in [0, 0.1) is 0 Å². The molecule has 1 amide bonds. The van der Waals surface area contributed by atoms with Gasteiger partial charge >= 0.3 is 0 Å². The second-order valence-electron chi connectivity index (χ2n) is 2.62. The molecule has 2 aromatic rings. The summed E-state index contributed by atoms with van der Waals surface area (Å²) in [5.74, 6) is -0.449. The molecule has 0 aliphatic carbocycles. The second kappa shape index (κ2) is 2.85. The van der Waals surface area contributed by atoms with Crippen LogP contribution in [0.25, 0.3) is 10.9 Å². The van der Waals surface area contributed by atoms with Crippen molar-refractivity contribution in [1.82, 2.24) is 10.2 Å². The molecule has 2 rings (SSSR count). The summed E-state index contributed by atoms with van der Waals surface area (Å²) in [6, 6.07) is 3.43. The van der Waals surface area contributed by atoms with Crippen LogP contribution in [-0.4, -0.2) is 16.1 Å². The molecule has 0 radical (unpaired) electrons. The van der Waals surface area contributed by atoms with E-state index in [-0.39, 0.29) is 0 Å². The Morgan fingerprint density at radius 2 is 2.31 bits per heavy atom. The number of hydrogen-bond acceptors (Lipinski definition) is 2. The first kappa shape index (κ1) is 8.25. The van der Waals surface area contributed by atoms with Crippen LogP contribution >= 0.6 is 15.9 Å². The minimum Gasteiger partial charge on any atom is -0.366 e. The number of carbonyl (C=O) groups is 1. The lowest BCUT2D eigenvalue weighted by molar-refractivity contribution is 0.1000. The maximum Gasteiger partial charge on any atom is 0.249 e. The van der Waals surface area contributed by atoms with Crippen molar-refractivity contribution >= 4 is 32.7 Å². The van der Waals surface area contributed by atoms with Gasteiger partial charge in [0.1, 0.15) is 0 Å². The highest BCUT2D eigenvalue weighted by Crippen LogP contribution is 2.25. The quantitative estimate of drug-likeness (QED) is 0.791. The molecular weight excluding hydrogens is 234 g/mol. The highest BCUT2D eigenvalue weighted by molar-refractivity contribution is 9.10. The Balaban J connectivity index is 2.80. The summed E-state index contributed by atoms with van der Waals surface area (Å²) in [5.41, 5.74) is 6.51. The lowest BCUT2D eigenvalue weighted by Gasteiger charge is -1.99. The molecule has 0 aliphatic rings. The number of aromatic amines is 1. The Kier molecular flexibility index (Phi) is 1.81.